The van der Waals surface area contributed by atoms with E-state index in [2.05, 4.69) is 6.92 Å². The standard InChI is InChI=1S/C22H37NO2/c1-2-3-4-5-6-7-8-9-10-11-12-13-18-25-21-16-14-20(15-17-21)19-22(23)24/h14-17H,2-13,18-19H2,1H3,(H2,23,24). The van der Waals surface area contributed by atoms with Crippen molar-refractivity contribution in [2.75, 3.05) is 6.61 Å². The van der Waals surface area contributed by atoms with Gasteiger partial charge in [0.1, 0.15) is 5.75 Å². The molecule has 3 heteroatoms. The Morgan fingerprint density at radius 3 is 1.76 bits per heavy atom. The average molecular weight is 348 g/mol. The minimum atomic E-state index is -0.301. The third-order valence-corrected chi connectivity index (χ3v) is 4.57. The summed E-state index contributed by atoms with van der Waals surface area (Å²) in [5.74, 6) is 0.571. The number of ether oxygens (including phenoxy) is 1. The second-order valence-electron chi connectivity index (χ2n) is 7.02. The minimum Gasteiger partial charge on any atom is -0.494 e. The van der Waals surface area contributed by atoms with Crippen molar-refractivity contribution in [3.63, 3.8) is 0 Å². The molecule has 0 radical (unpaired) electrons. The van der Waals surface area contributed by atoms with Gasteiger partial charge in [-0.2, -0.15) is 0 Å². The van der Waals surface area contributed by atoms with Crippen molar-refractivity contribution >= 4 is 5.91 Å². The van der Waals surface area contributed by atoms with E-state index in [-0.39, 0.29) is 5.91 Å². The van der Waals surface area contributed by atoms with E-state index in [1.54, 1.807) is 0 Å². The lowest BCUT2D eigenvalue weighted by Gasteiger charge is -2.07. The number of amides is 1. The molecule has 142 valence electrons. The maximum atomic E-state index is 10.9. The van der Waals surface area contributed by atoms with Crippen molar-refractivity contribution in [2.45, 2.75) is 90.4 Å². The van der Waals surface area contributed by atoms with Gasteiger partial charge in [0.05, 0.1) is 13.0 Å². The Morgan fingerprint density at radius 2 is 1.28 bits per heavy atom. The van der Waals surface area contributed by atoms with Crippen LogP contribution in [-0.2, 0) is 11.2 Å². The van der Waals surface area contributed by atoms with Gasteiger partial charge in [-0.25, -0.2) is 0 Å². The van der Waals surface area contributed by atoms with Crippen LogP contribution in [0.4, 0.5) is 0 Å². The van der Waals surface area contributed by atoms with Crippen LogP contribution in [0.25, 0.3) is 0 Å². The van der Waals surface area contributed by atoms with E-state index in [1.807, 2.05) is 24.3 Å². The van der Waals surface area contributed by atoms with Crippen LogP contribution < -0.4 is 10.5 Å². The zero-order chi connectivity index (χ0) is 18.2. The maximum absolute atomic E-state index is 10.9. The van der Waals surface area contributed by atoms with Gasteiger partial charge in [-0.05, 0) is 24.1 Å². The first-order valence-electron chi connectivity index (χ1n) is 10.2. The largest absolute Gasteiger partial charge is 0.494 e. The number of rotatable bonds is 16. The number of carbonyl (C=O) groups excluding carboxylic acids is 1. The van der Waals surface area contributed by atoms with Gasteiger partial charge in [-0.1, -0.05) is 89.7 Å². The lowest BCUT2D eigenvalue weighted by Crippen LogP contribution is -2.13. The van der Waals surface area contributed by atoms with Crippen LogP contribution in [0.5, 0.6) is 5.75 Å². The Balaban J connectivity index is 1.89. The number of hydrogen-bond acceptors (Lipinski definition) is 2. The van der Waals surface area contributed by atoms with Gasteiger partial charge in [-0.3, -0.25) is 4.79 Å². The summed E-state index contributed by atoms with van der Waals surface area (Å²) >= 11 is 0. The first kappa shape index (κ1) is 21.5. The molecule has 3 nitrogen and oxygen atoms in total. The average Bonchev–Trinajstić information content (AvgIpc) is 2.60. The normalized spacial score (nSPS) is 10.8. The molecule has 1 rings (SSSR count). The fourth-order valence-electron chi connectivity index (χ4n) is 3.04. The predicted octanol–water partition coefficient (Wildman–Crippen LogP) is 5.79. The Labute approximate surface area is 154 Å². The number of primary amides is 1. The van der Waals surface area contributed by atoms with Crippen molar-refractivity contribution in [1.29, 1.82) is 0 Å². The molecule has 2 N–H and O–H groups in total. The van der Waals surface area contributed by atoms with Crippen molar-refractivity contribution in [3.05, 3.63) is 29.8 Å². The van der Waals surface area contributed by atoms with Gasteiger partial charge in [0.25, 0.3) is 0 Å². The molecule has 0 aliphatic carbocycles. The fraction of sp³-hybridized carbons (Fsp3) is 0.682. The van der Waals surface area contributed by atoms with Crippen LogP contribution in [0.15, 0.2) is 24.3 Å². The van der Waals surface area contributed by atoms with Crippen LogP contribution in [0.3, 0.4) is 0 Å². The number of carbonyl (C=O) groups is 1. The Kier molecular flexibility index (Phi) is 12.7. The number of unbranched alkanes of at least 4 members (excludes halogenated alkanes) is 11. The maximum Gasteiger partial charge on any atom is 0.221 e. The van der Waals surface area contributed by atoms with Crippen molar-refractivity contribution in [1.82, 2.24) is 0 Å². The Morgan fingerprint density at radius 1 is 0.800 bits per heavy atom. The molecular formula is C22H37NO2. The highest BCUT2D eigenvalue weighted by molar-refractivity contribution is 5.76. The monoisotopic (exact) mass is 347 g/mol. The van der Waals surface area contributed by atoms with Gasteiger partial charge >= 0.3 is 0 Å². The minimum absolute atomic E-state index is 0.291. The first-order chi connectivity index (χ1) is 12.2. The van der Waals surface area contributed by atoms with E-state index in [0.717, 1.165) is 24.3 Å². The summed E-state index contributed by atoms with van der Waals surface area (Å²) in [6.45, 7) is 3.04. The smallest absolute Gasteiger partial charge is 0.221 e. The summed E-state index contributed by atoms with van der Waals surface area (Å²) in [6, 6.07) is 7.64. The van der Waals surface area contributed by atoms with Crippen LogP contribution in [0, 0.1) is 0 Å². The molecule has 0 atom stereocenters. The summed E-state index contributed by atoms with van der Waals surface area (Å²) in [6.07, 6.45) is 16.5. The number of hydrogen-bond donors (Lipinski definition) is 1. The highest BCUT2D eigenvalue weighted by Gasteiger charge is 1.99. The molecule has 0 fully saturated rings. The third-order valence-electron chi connectivity index (χ3n) is 4.57. The SMILES string of the molecule is CCCCCCCCCCCCCCOc1ccc(CC(N)=O)cc1. The molecule has 0 aliphatic heterocycles. The fourth-order valence-corrected chi connectivity index (χ4v) is 3.04. The van der Waals surface area contributed by atoms with Crippen LogP contribution in [0.2, 0.25) is 0 Å². The molecule has 0 bridgehead atoms. The van der Waals surface area contributed by atoms with E-state index in [9.17, 15) is 4.79 Å². The van der Waals surface area contributed by atoms with Crippen LogP contribution >= 0.6 is 0 Å². The molecule has 0 aliphatic rings. The highest BCUT2D eigenvalue weighted by Crippen LogP contribution is 2.14. The van der Waals surface area contributed by atoms with E-state index in [0.29, 0.717) is 6.42 Å². The van der Waals surface area contributed by atoms with Gasteiger partial charge in [0.2, 0.25) is 5.91 Å². The van der Waals surface area contributed by atoms with E-state index >= 15 is 0 Å². The molecule has 0 aromatic heterocycles. The summed E-state index contributed by atoms with van der Waals surface area (Å²) in [5.41, 5.74) is 6.12. The molecule has 0 heterocycles. The summed E-state index contributed by atoms with van der Waals surface area (Å²) < 4.78 is 5.74. The molecule has 1 aromatic carbocycles. The van der Waals surface area contributed by atoms with E-state index in [1.165, 1.54) is 70.6 Å². The zero-order valence-electron chi connectivity index (χ0n) is 16.1. The second-order valence-corrected chi connectivity index (χ2v) is 7.02. The molecule has 1 aromatic rings. The van der Waals surface area contributed by atoms with Gasteiger partial charge in [-0.15, -0.1) is 0 Å². The Hall–Kier alpha value is -1.51. The zero-order valence-corrected chi connectivity index (χ0v) is 16.1. The highest BCUT2D eigenvalue weighted by atomic mass is 16.5. The van der Waals surface area contributed by atoms with Crippen molar-refractivity contribution in [2.24, 2.45) is 5.73 Å². The van der Waals surface area contributed by atoms with E-state index < -0.39 is 0 Å². The van der Waals surface area contributed by atoms with Gasteiger partial charge in [0, 0.05) is 0 Å². The van der Waals surface area contributed by atoms with Crippen LogP contribution in [0.1, 0.15) is 89.5 Å². The lowest BCUT2D eigenvalue weighted by molar-refractivity contribution is -0.117. The predicted molar refractivity (Wildman–Crippen MR) is 106 cm³/mol. The van der Waals surface area contributed by atoms with Crippen LogP contribution in [-0.4, -0.2) is 12.5 Å². The second kappa shape index (κ2) is 14.8. The lowest BCUT2D eigenvalue weighted by atomic mass is 10.1. The first-order valence-corrected chi connectivity index (χ1v) is 10.2. The van der Waals surface area contributed by atoms with Crippen molar-refractivity contribution < 1.29 is 9.53 Å². The molecule has 25 heavy (non-hydrogen) atoms. The molecule has 0 spiro atoms. The molecule has 0 saturated carbocycles. The van der Waals surface area contributed by atoms with E-state index in [4.69, 9.17) is 10.5 Å². The van der Waals surface area contributed by atoms with Crippen molar-refractivity contribution in [3.8, 4) is 5.75 Å². The topological polar surface area (TPSA) is 52.3 Å². The summed E-state index contributed by atoms with van der Waals surface area (Å²) in [5, 5.41) is 0. The number of nitrogens with two attached hydrogens (primary N) is 1. The molecular weight excluding hydrogens is 310 g/mol. The van der Waals surface area contributed by atoms with Gasteiger partial charge in [0.15, 0.2) is 0 Å². The Bertz CT molecular complexity index is 442. The number of benzene rings is 1. The summed E-state index contributed by atoms with van der Waals surface area (Å²) in [4.78, 5) is 10.9. The third kappa shape index (κ3) is 12.5. The molecule has 0 unspecified atom stereocenters. The molecule has 0 saturated heterocycles. The quantitative estimate of drug-likeness (QED) is 0.384. The summed E-state index contributed by atoms with van der Waals surface area (Å²) in [7, 11) is 0. The van der Waals surface area contributed by atoms with Gasteiger partial charge < -0.3 is 10.5 Å². The molecule has 1 amide bonds.